The summed E-state index contributed by atoms with van der Waals surface area (Å²) in [5, 5.41) is 7.72. The van der Waals surface area contributed by atoms with Crippen molar-refractivity contribution in [3.63, 3.8) is 0 Å². The Morgan fingerprint density at radius 2 is 1.08 bits per heavy atom. The van der Waals surface area contributed by atoms with E-state index in [0.717, 1.165) is 44.4 Å². The fraction of sp³-hybridized carbons (Fsp3) is 0.188. The average Bonchev–Trinajstić information content (AvgIpc) is 3.85. The van der Waals surface area contributed by atoms with Gasteiger partial charge in [0.05, 0.1) is 9.81 Å². The number of nitrogens with one attached hydrogen (secondary N) is 2. The molecule has 18 heteroatoms. The lowest BCUT2D eigenvalue weighted by molar-refractivity contribution is -0.125. The van der Waals surface area contributed by atoms with Gasteiger partial charge in [0, 0.05) is 71.0 Å². The van der Waals surface area contributed by atoms with Crippen LogP contribution in [0, 0.1) is 0 Å². The molecule has 4 heterocycles. The van der Waals surface area contributed by atoms with E-state index < -0.39 is 11.8 Å². The van der Waals surface area contributed by atoms with Gasteiger partial charge < -0.3 is 10.6 Å². The molecule has 2 fully saturated rings. The van der Waals surface area contributed by atoms with Crippen molar-refractivity contribution < 1.29 is 19.2 Å². The molecule has 10 nitrogen and oxygen atoms in total. The predicted molar refractivity (Wildman–Crippen MR) is 210 cm³/mol. The summed E-state index contributed by atoms with van der Waals surface area (Å²) in [7, 11) is 0. The van der Waals surface area contributed by atoms with Crippen LogP contribution >= 0.6 is 93.8 Å². The molecule has 4 amide bonds. The van der Waals surface area contributed by atoms with Crippen LogP contribution in [-0.2, 0) is 32.0 Å². The zero-order chi connectivity index (χ0) is 35.4. The molecule has 0 spiro atoms. The number of thiazole rings is 2. The van der Waals surface area contributed by atoms with Gasteiger partial charge in [0.1, 0.15) is 8.64 Å². The Morgan fingerprint density at radius 1 is 0.680 bits per heavy atom. The number of carbonyl (C=O) groups excluding carboxylic acids is 4. The molecule has 4 aromatic rings. The van der Waals surface area contributed by atoms with Crippen LogP contribution in [0.15, 0.2) is 70.7 Å². The summed E-state index contributed by atoms with van der Waals surface area (Å²) in [6.45, 7) is 0.0460. The number of hydrogen-bond donors (Lipinski definition) is 2. The van der Waals surface area contributed by atoms with E-state index in [1.807, 2.05) is 48.5 Å². The first-order valence-electron chi connectivity index (χ1n) is 14.8. The minimum Gasteiger partial charge on any atom is -0.302 e. The summed E-state index contributed by atoms with van der Waals surface area (Å²) in [4.78, 5) is 65.5. The third kappa shape index (κ3) is 8.80. The molecule has 0 saturated carbocycles. The fourth-order valence-electron chi connectivity index (χ4n) is 4.80. The van der Waals surface area contributed by atoms with Gasteiger partial charge in [0.15, 0.2) is 10.3 Å². The van der Waals surface area contributed by atoms with Gasteiger partial charge in [-0.1, -0.05) is 108 Å². The predicted octanol–water partition coefficient (Wildman–Crippen LogP) is 7.38. The Hall–Kier alpha value is -3.22. The van der Waals surface area contributed by atoms with Gasteiger partial charge in [0.25, 0.3) is 11.8 Å². The fourth-order valence-corrected chi connectivity index (χ4v) is 9.68. The number of amides is 4. The SMILES string of the molecule is O=C(CCN1C(=O)/C(=C2\SC(=S)N(CCC(=O)Nc3ncc(Cc4ccccc4Cl)s3)C2=O)SC1=S)Nc1ncc(Cc2ccccc2Cl)s1. The number of benzene rings is 2. The Labute approximate surface area is 324 Å². The minimum atomic E-state index is -0.473. The van der Waals surface area contributed by atoms with Crippen LogP contribution in [0.1, 0.15) is 33.7 Å². The molecule has 2 N–H and O–H groups in total. The lowest BCUT2D eigenvalue weighted by Gasteiger charge is -2.14. The monoisotopic (exact) mass is 818 g/mol. The topological polar surface area (TPSA) is 125 Å². The molecule has 50 heavy (non-hydrogen) atoms. The Bertz CT molecular complexity index is 1920. The van der Waals surface area contributed by atoms with Crippen molar-refractivity contribution in [2.75, 3.05) is 23.7 Å². The van der Waals surface area contributed by atoms with Gasteiger partial charge in [-0.2, -0.15) is 0 Å². The minimum absolute atomic E-state index is 0.0230. The molecule has 0 unspecified atom stereocenters. The molecular formula is C32H24Cl2N6O4S6. The summed E-state index contributed by atoms with van der Waals surface area (Å²) in [6, 6.07) is 15.1. The lowest BCUT2D eigenvalue weighted by Crippen LogP contribution is -2.33. The number of thioether (sulfide) groups is 2. The van der Waals surface area contributed by atoms with E-state index in [1.54, 1.807) is 12.4 Å². The van der Waals surface area contributed by atoms with E-state index >= 15 is 0 Å². The summed E-state index contributed by atoms with van der Waals surface area (Å²) in [6.07, 6.45) is 4.49. The summed E-state index contributed by atoms with van der Waals surface area (Å²) in [5.74, 6) is -1.62. The molecule has 2 saturated heterocycles. The standard InChI is InChI=1S/C32H24Cl2N6O4S6/c33-21-7-3-1-5-17(21)13-19-15-35-29(47-19)37-23(41)9-11-39-27(43)25(49-31(39)45)26-28(44)40(32(46)50-26)12-10-24(42)38-30-36-16-20(48-30)14-18-6-2-4-8-22(18)34/h1-8,15-16H,9-14H2,(H,35,37,41)(H,36,38,42)/b26-25+. The van der Waals surface area contributed by atoms with Gasteiger partial charge in [-0.25, -0.2) is 9.97 Å². The van der Waals surface area contributed by atoms with Crippen molar-refractivity contribution in [2.24, 2.45) is 0 Å². The van der Waals surface area contributed by atoms with Gasteiger partial charge in [-0.15, -0.1) is 22.7 Å². The van der Waals surface area contributed by atoms with Crippen molar-refractivity contribution in [2.45, 2.75) is 25.7 Å². The number of anilines is 2. The molecule has 256 valence electrons. The summed E-state index contributed by atoms with van der Waals surface area (Å²) >= 11 is 28.0. The Morgan fingerprint density at radius 3 is 1.48 bits per heavy atom. The van der Waals surface area contributed by atoms with E-state index in [4.69, 9.17) is 47.6 Å². The Kier molecular flexibility index (Phi) is 12.0. The smallest absolute Gasteiger partial charge is 0.267 e. The van der Waals surface area contributed by atoms with Crippen molar-refractivity contribution in [1.82, 2.24) is 19.8 Å². The van der Waals surface area contributed by atoms with Crippen LogP contribution in [0.25, 0.3) is 0 Å². The Balaban J connectivity index is 0.987. The maximum absolute atomic E-state index is 13.3. The quantitative estimate of drug-likeness (QED) is 0.111. The summed E-state index contributed by atoms with van der Waals surface area (Å²) in [5.41, 5.74) is 1.92. The second-order valence-electron chi connectivity index (χ2n) is 10.7. The van der Waals surface area contributed by atoms with Gasteiger partial charge in [-0.05, 0) is 23.3 Å². The van der Waals surface area contributed by atoms with Crippen LogP contribution in [0.5, 0.6) is 0 Å². The second-order valence-corrected chi connectivity index (χ2v) is 17.0. The molecule has 2 aromatic carbocycles. The van der Waals surface area contributed by atoms with Crippen molar-refractivity contribution in [3.05, 3.63) is 102 Å². The molecular weight excluding hydrogens is 796 g/mol. The van der Waals surface area contributed by atoms with E-state index in [1.165, 1.54) is 32.5 Å². The lowest BCUT2D eigenvalue weighted by atomic mass is 10.1. The maximum Gasteiger partial charge on any atom is 0.267 e. The number of nitrogens with zero attached hydrogens (tertiary/aromatic N) is 4. The first-order valence-corrected chi connectivity index (χ1v) is 19.7. The maximum atomic E-state index is 13.3. The molecule has 2 aliphatic heterocycles. The van der Waals surface area contributed by atoms with Crippen LogP contribution in [0.4, 0.5) is 10.3 Å². The van der Waals surface area contributed by atoms with Crippen LogP contribution < -0.4 is 10.6 Å². The molecule has 6 rings (SSSR count). The first kappa shape index (κ1) is 36.6. The highest BCUT2D eigenvalue weighted by atomic mass is 35.5. The molecule has 0 radical (unpaired) electrons. The molecule has 2 aromatic heterocycles. The summed E-state index contributed by atoms with van der Waals surface area (Å²) < 4.78 is 0.465. The first-order chi connectivity index (χ1) is 24.0. The molecule has 0 atom stereocenters. The van der Waals surface area contributed by atoms with Crippen LogP contribution in [0.2, 0.25) is 10.0 Å². The van der Waals surface area contributed by atoms with Crippen molar-refractivity contribution in [3.8, 4) is 0 Å². The third-order valence-electron chi connectivity index (χ3n) is 7.27. The number of carbonyl (C=O) groups is 4. The second kappa shape index (κ2) is 16.4. The average molecular weight is 820 g/mol. The number of rotatable bonds is 12. The normalized spacial score (nSPS) is 16.1. The van der Waals surface area contributed by atoms with Gasteiger partial charge >= 0.3 is 0 Å². The molecule has 0 aliphatic carbocycles. The highest BCUT2D eigenvalue weighted by Crippen LogP contribution is 2.42. The van der Waals surface area contributed by atoms with E-state index in [-0.39, 0.29) is 56.2 Å². The molecule has 0 bridgehead atoms. The van der Waals surface area contributed by atoms with Crippen LogP contribution in [-0.4, -0.2) is 65.1 Å². The van der Waals surface area contributed by atoms with Gasteiger partial charge in [-0.3, -0.25) is 29.0 Å². The van der Waals surface area contributed by atoms with E-state index in [2.05, 4.69) is 20.6 Å². The number of halogens is 2. The number of hydrogen-bond acceptors (Lipinski definition) is 12. The highest BCUT2D eigenvalue weighted by molar-refractivity contribution is 8.29. The van der Waals surface area contributed by atoms with Crippen molar-refractivity contribution in [1.29, 1.82) is 0 Å². The zero-order valence-corrected chi connectivity index (χ0v) is 32.1. The van der Waals surface area contributed by atoms with E-state index in [9.17, 15) is 19.2 Å². The number of aromatic nitrogens is 2. The third-order valence-corrected chi connectivity index (χ3v) is 12.9. The molecule has 2 aliphatic rings. The highest BCUT2D eigenvalue weighted by Gasteiger charge is 2.42. The van der Waals surface area contributed by atoms with E-state index in [0.29, 0.717) is 33.2 Å². The zero-order valence-electron chi connectivity index (χ0n) is 25.6. The van der Waals surface area contributed by atoms with Gasteiger partial charge in [0.2, 0.25) is 11.8 Å². The number of thiocarbonyl (C=S) groups is 2. The largest absolute Gasteiger partial charge is 0.302 e. The van der Waals surface area contributed by atoms with Crippen LogP contribution in [0.3, 0.4) is 0 Å². The van der Waals surface area contributed by atoms with Crippen molar-refractivity contribution >= 4 is 136 Å².